The lowest BCUT2D eigenvalue weighted by Gasteiger charge is -2.10. The van der Waals surface area contributed by atoms with E-state index in [0.717, 1.165) is 22.6 Å². The zero-order chi connectivity index (χ0) is 23.2. The van der Waals surface area contributed by atoms with Crippen LogP contribution in [0, 0.1) is 13.8 Å². The van der Waals surface area contributed by atoms with E-state index in [1.807, 2.05) is 80.6 Å². The molecule has 166 valence electrons. The standard InChI is InChI=1S/C26H23ClN4O2/c1-17-15-18(2)29-26(28-17)31-23-9-5-20(6-10-23)25(32)30-22-11-13-24(14-12-22)33-16-19-3-7-21(27)8-4-19/h3-15H,16H2,1-2H3,(H,30,32)(H,28,29,31). The maximum absolute atomic E-state index is 12.6. The number of nitrogens with one attached hydrogen (secondary N) is 2. The Labute approximate surface area is 197 Å². The highest BCUT2D eigenvalue weighted by Gasteiger charge is 2.07. The number of hydrogen-bond acceptors (Lipinski definition) is 5. The lowest BCUT2D eigenvalue weighted by atomic mass is 10.2. The first-order valence-electron chi connectivity index (χ1n) is 10.4. The molecule has 0 saturated carbocycles. The molecule has 4 aromatic rings. The van der Waals surface area contributed by atoms with Gasteiger partial charge in [0.15, 0.2) is 0 Å². The molecule has 0 aliphatic rings. The molecule has 0 fully saturated rings. The molecule has 0 bridgehead atoms. The van der Waals surface area contributed by atoms with Gasteiger partial charge >= 0.3 is 0 Å². The Hall–Kier alpha value is -3.90. The van der Waals surface area contributed by atoms with Crippen LogP contribution in [0.25, 0.3) is 0 Å². The molecule has 0 atom stereocenters. The molecular formula is C26H23ClN4O2. The molecule has 0 aliphatic heterocycles. The highest BCUT2D eigenvalue weighted by atomic mass is 35.5. The van der Waals surface area contributed by atoms with Gasteiger partial charge in [-0.15, -0.1) is 0 Å². The van der Waals surface area contributed by atoms with Gasteiger partial charge in [-0.05, 0) is 86.1 Å². The molecule has 0 radical (unpaired) electrons. The molecule has 0 saturated heterocycles. The molecule has 0 unspecified atom stereocenters. The van der Waals surface area contributed by atoms with Crippen LogP contribution in [0.5, 0.6) is 5.75 Å². The van der Waals surface area contributed by atoms with Crippen LogP contribution >= 0.6 is 11.6 Å². The lowest BCUT2D eigenvalue weighted by molar-refractivity contribution is 0.102. The fraction of sp³-hybridized carbons (Fsp3) is 0.115. The molecule has 6 nitrogen and oxygen atoms in total. The number of halogens is 1. The SMILES string of the molecule is Cc1cc(C)nc(Nc2ccc(C(=O)Nc3ccc(OCc4ccc(Cl)cc4)cc3)cc2)n1. The quantitative estimate of drug-likeness (QED) is 0.339. The molecule has 2 N–H and O–H groups in total. The Morgan fingerprint density at radius 3 is 2.09 bits per heavy atom. The van der Waals surface area contributed by atoms with Gasteiger partial charge in [0.1, 0.15) is 12.4 Å². The summed E-state index contributed by atoms with van der Waals surface area (Å²) in [7, 11) is 0. The minimum absolute atomic E-state index is 0.195. The molecule has 1 heterocycles. The summed E-state index contributed by atoms with van der Waals surface area (Å²) in [5, 5.41) is 6.75. The number of ether oxygens (including phenoxy) is 1. The van der Waals surface area contributed by atoms with Crippen molar-refractivity contribution in [3.63, 3.8) is 0 Å². The Bertz CT molecular complexity index is 1220. The van der Waals surface area contributed by atoms with Crippen LogP contribution < -0.4 is 15.4 Å². The van der Waals surface area contributed by atoms with E-state index in [9.17, 15) is 4.79 Å². The largest absolute Gasteiger partial charge is 0.489 e. The second-order valence-corrected chi connectivity index (χ2v) is 8.01. The Morgan fingerprint density at radius 1 is 0.848 bits per heavy atom. The number of hydrogen-bond donors (Lipinski definition) is 2. The first-order chi connectivity index (χ1) is 15.9. The van der Waals surface area contributed by atoms with E-state index in [4.69, 9.17) is 16.3 Å². The molecule has 0 aliphatic carbocycles. The van der Waals surface area contributed by atoms with Crippen molar-refractivity contribution in [2.45, 2.75) is 20.5 Å². The van der Waals surface area contributed by atoms with Gasteiger partial charge in [-0.25, -0.2) is 9.97 Å². The smallest absolute Gasteiger partial charge is 0.255 e. The minimum atomic E-state index is -0.195. The maximum atomic E-state index is 12.6. The predicted molar refractivity (Wildman–Crippen MR) is 131 cm³/mol. The number of amides is 1. The third-order valence-electron chi connectivity index (χ3n) is 4.82. The van der Waals surface area contributed by atoms with E-state index in [-0.39, 0.29) is 5.91 Å². The first-order valence-corrected chi connectivity index (χ1v) is 10.8. The van der Waals surface area contributed by atoms with Gasteiger partial charge in [0.25, 0.3) is 5.91 Å². The number of nitrogens with zero attached hydrogens (tertiary/aromatic N) is 2. The summed E-state index contributed by atoms with van der Waals surface area (Å²) >= 11 is 5.90. The van der Waals surface area contributed by atoms with Crippen LogP contribution in [0.15, 0.2) is 78.9 Å². The normalized spacial score (nSPS) is 10.5. The van der Waals surface area contributed by atoms with Gasteiger partial charge in [-0.2, -0.15) is 0 Å². The summed E-state index contributed by atoms with van der Waals surface area (Å²) in [6.45, 7) is 4.29. The summed E-state index contributed by atoms with van der Waals surface area (Å²) in [5.74, 6) is 1.05. The van der Waals surface area contributed by atoms with Crippen LogP contribution in [0.1, 0.15) is 27.3 Å². The van der Waals surface area contributed by atoms with E-state index in [2.05, 4.69) is 20.6 Å². The summed E-state index contributed by atoms with van der Waals surface area (Å²) in [5.41, 5.74) is 4.84. The van der Waals surface area contributed by atoms with Crippen molar-refractivity contribution in [1.29, 1.82) is 0 Å². The molecule has 3 aromatic carbocycles. The predicted octanol–water partition coefficient (Wildman–Crippen LogP) is 6.32. The van der Waals surface area contributed by atoms with Crippen molar-refractivity contribution in [1.82, 2.24) is 9.97 Å². The maximum Gasteiger partial charge on any atom is 0.255 e. The third kappa shape index (κ3) is 6.30. The lowest BCUT2D eigenvalue weighted by Crippen LogP contribution is -2.11. The molecule has 0 spiro atoms. The highest BCUT2D eigenvalue weighted by molar-refractivity contribution is 6.30. The van der Waals surface area contributed by atoms with E-state index in [1.54, 1.807) is 12.1 Å². The van der Waals surface area contributed by atoms with E-state index in [0.29, 0.717) is 34.6 Å². The van der Waals surface area contributed by atoms with E-state index in [1.165, 1.54) is 0 Å². The average Bonchev–Trinajstić information content (AvgIpc) is 2.79. The summed E-state index contributed by atoms with van der Waals surface area (Å²) in [6.07, 6.45) is 0. The van der Waals surface area contributed by atoms with E-state index >= 15 is 0 Å². The van der Waals surface area contributed by atoms with Crippen LogP contribution in [0.3, 0.4) is 0 Å². The number of carbonyl (C=O) groups excluding carboxylic acids is 1. The first kappa shape index (κ1) is 22.3. The zero-order valence-electron chi connectivity index (χ0n) is 18.3. The molecular weight excluding hydrogens is 436 g/mol. The number of anilines is 3. The zero-order valence-corrected chi connectivity index (χ0v) is 19.1. The van der Waals surface area contributed by atoms with Crippen LogP contribution in [-0.2, 0) is 6.61 Å². The van der Waals surface area contributed by atoms with Crippen molar-refractivity contribution < 1.29 is 9.53 Å². The fourth-order valence-corrected chi connectivity index (χ4v) is 3.33. The number of aryl methyl sites for hydroxylation is 2. The van der Waals surface area contributed by atoms with Crippen LogP contribution in [0.2, 0.25) is 5.02 Å². The monoisotopic (exact) mass is 458 g/mol. The van der Waals surface area contributed by atoms with E-state index < -0.39 is 0 Å². The van der Waals surface area contributed by atoms with Gasteiger partial charge < -0.3 is 15.4 Å². The number of carbonyl (C=O) groups is 1. The van der Waals surface area contributed by atoms with Gasteiger partial charge in [0, 0.05) is 33.3 Å². The van der Waals surface area contributed by atoms with Gasteiger partial charge in [-0.1, -0.05) is 23.7 Å². The second kappa shape index (κ2) is 10.1. The summed E-state index contributed by atoms with van der Waals surface area (Å²) in [6, 6.07) is 23.8. The Morgan fingerprint density at radius 2 is 1.45 bits per heavy atom. The van der Waals surface area contributed by atoms with Crippen molar-refractivity contribution in [2.24, 2.45) is 0 Å². The Balaban J connectivity index is 1.32. The van der Waals surface area contributed by atoms with Crippen molar-refractivity contribution in [3.05, 3.63) is 106 Å². The van der Waals surface area contributed by atoms with Crippen molar-refractivity contribution in [2.75, 3.05) is 10.6 Å². The molecule has 1 aromatic heterocycles. The second-order valence-electron chi connectivity index (χ2n) is 7.57. The number of rotatable bonds is 7. The Kier molecular flexibility index (Phi) is 6.86. The average molecular weight is 459 g/mol. The van der Waals surface area contributed by atoms with Crippen molar-refractivity contribution >= 4 is 34.8 Å². The molecule has 7 heteroatoms. The molecule has 1 amide bonds. The van der Waals surface area contributed by atoms with Crippen LogP contribution in [0.4, 0.5) is 17.3 Å². The molecule has 4 rings (SSSR count). The van der Waals surface area contributed by atoms with Crippen molar-refractivity contribution in [3.8, 4) is 5.75 Å². The third-order valence-corrected chi connectivity index (χ3v) is 5.07. The topological polar surface area (TPSA) is 76.1 Å². The summed E-state index contributed by atoms with van der Waals surface area (Å²) in [4.78, 5) is 21.3. The summed E-state index contributed by atoms with van der Waals surface area (Å²) < 4.78 is 5.78. The number of benzene rings is 3. The minimum Gasteiger partial charge on any atom is -0.489 e. The fourth-order valence-electron chi connectivity index (χ4n) is 3.20. The van der Waals surface area contributed by atoms with Gasteiger partial charge in [0.2, 0.25) is 5.95 Å². The number of aromatic nitrogens is 2. The highest BCUT2D eigenvalue weighted by Crippen LogP contribution is 2.20. The van der Waals surface area contributed by atoms with Gasteiger partial charge in [0.05, 0.1) is 0 Å². The molecule has 33 heavy (non-hydrogen) atoms. The van der Waals surface area contributed by atoms with Crippen LogP contribution in [-0.4, -0.2) is 15.9 Å². The van der Waals surface area contributed by atoms with Gasteiger partial charge in [-0.3, -0.25) is 4.79 Å².